The lowest BCUT2D eigenvalue weighted by Crippen LogP contribution is -2.39. The van der Waals surface area contributed by atoms with Gasteiger partial charge in [-0.15, -0.1) is 0 Å². The van der Waals surface area contributed by atoms with Crippen LogP contribution < -0.4 is 19.5 Å². The van der Waals surface area contributed by atoms with Gasteiger partial charge in [-0.05, 0) is 47.5 Å². The molecular formula is C24H22ClF3N2O5S. The molecule has 0 aliphatic rings. The number of carbonyl (C=O) groups excluding carboxylic acids is 1. The van der Waals surface area contributed by atoms with Crippen molar-refractivity contribution in [1.29, 1.82) is 0 Å². The van der Waals surface area contributed by atoms with Crippen LogP contribution in [-0.4, -0.2) is 35.1 Å². The third kappa shape index (κ3) is 5.85. The monoisotopic (exact) mass is 542 g/mol. The number of anilines is 1. The number of nitrogens with zero attached hydrogens (tertiary/aromatic N) is 1. The van der Waals surface area contributed by atoms with E-state index in [0.717, 1.165) is 10.4 Å². The largest absolute Gasteiger partial charge is 0.493 e. The Morgan fingerprint density at radius 1 is 0.972 bits per heavy atom. The van der Waals surface area contributed by atoms with Gasteiger partial charge in [-0.2, -0.15) is 13.2 Å². The Morgan fingerprint density at radius 3 is 2.25 bits per heavy atom. The van der Waals surface area contributed by atoms with E-state index in [-0.39, 0.29) is 44.7 Å². The zero-order chi connectivity index (χ0) is 26.7. The van der Waals surface area contributed by atoms with E-state index in [1.54, 1.807) is 0 Å². The van der Waals surface area contributed by atoms with Crippen LogP contribution in [0.1, 0.15) is 16.7 Å². The molecule has 0 bridgehead atoms. The van der Waals surface area contributed by atoms with Gasteiger partial charge in [0.25, 0.3) is 10.0 Å². The van der Waals surface area contributed by atoms with Crippen molar-refractivity contribution in [3.63, 3.8) is 0 Å². The lowest BCUT2D eigenvalue weighted by atomic mass is 9.98. The van der Waals surface area contributed by atoms with Gasteiger partial charge < -0.3 is 15.2 Å². The van der Waals surface area contributed by atoms with E-state index in [0.29, 0.717) is 0 Å². The van der Waals surface area contributed by atoms with Gasteiger partial charge in [-0.25, -0.2) is 8.42 Å². The number of primary amides is 1. The number of halogens is 4. The highest BCUT2D eigenvalue weighted by Crippen LogP contribution is 2.37. The van der Waals surface area contributed by atoms with Crippen molar-refractivity contribution in [2.24, 2.45) is 5.73 Å². The maximum atomic E-state index is 13.7. The summed E-state index contributed by atoms with van der Waals surface area (Å²) in [6, 6.07) is 12.8. The molecule has 0 unspecified atom stereocenters. The Balaban J connectivity index is 2.18. The SMILES string of the molecule is COc1ccc(S(=O)(=O)N(CC(N)=O)c2ccc(Cl)cc2Cc2ccccc2C(F)(F)F)cc1OC. The van der Waals surface area contributed by atoms with Crippen molar-refractivity contribution in [1.82, 2.24) is 0 Å². The van der Waals surface area contributed by atoms with Crippen molar-refractivity contribution >= 4 is 33.2 Å². The van der Waals surface area contributed by atoms with E-state index in [2.05, 4.69) is 0 Å². The Labute approximate surface area is 211 Å². The second-order valence-electron chi connectivity index (χ2n) is 7.60. The van der Waals surface area contributed by atoms with Gasteiger partial charge >= 0.3 is 6.18 Å². The summed E-state index contributed by atoms with van der Waals surface area (Å²) in [7, 11) is -1.74. The van der Waals surface area contributed by atoms with Gasteiger partial charge in [-0.3, -0.25) is 9.10 Å². The quantitative estimate of drug-likeness (QED) is 0.424. The number of methoxy groups -OCH3 is 2. The minimum Gasteiger partial charge on any atom is -0.493 e. The number of amides is 1. The van der Waals surface area contributed by atoms with Crippen LogP contribution in [0.15, 0.2) is 65.6 Å². The Hall–Kier alpha value is -3.44. The molecule has 12 heteroatoms. The molecular weight excluding hydrogens is 521 g/mol. The summed E-state index contributed by atoms with van der Waals surface area (Å²) in [5.74, 6) is -0.586. The highest BCUT2D eigenvalue weighted by molar-refractivity contribution is 7.92. The van der Waals surface area contributed by atoms with E-state index < -0.39 is 34.2 Å². The highest BCUT2D eigenvalue weighted by Gasteiger charge is 2.34. The molecule has 0 aliphatic heterocycles. The number of ether oxygens (including phenoxy) is 2. The number of hydrogen-bond donors (Lipinski definition) is 1. The number of benzene rings is 3. The lowest BCUT2D eigenvalue weighted by Gasteiger charge is -2.26. The number of rotatable bonds is 9. The molecule has 0 radical (unpaired) electrons. The first-order chi connectivity index (χ1) is 16.9. The van der Waals surface area contributed by atoms with Crippen molar-refractivity contribution in [2.45, 2.75) is 17.5 Å². The minimum atomic E-state index is -4.63. The van der Waals surface area contributed by atoms with Crippen LogP contribution in [0.2, 0.25) is 5.02 Å². The Kier molecular flexibility index (Phi) is 8.05. The third-order valence-electron chi connectivity index (χ3n) is 5.26. The first-order valence-corrected chi connectivity index (χ1v) is 12.2. The molecule has 0 aromatic heterocycles. The molecule has 192 valence electrons. The fourth-order valence-corrected chi connectivity index (χ4v) is 5.32. The second-order valence-corrected chi connectivity index (χ2v) is 9.90. The molecule has 3 aromatic rings. The van der Waals surface area contributed by atoms with E-state index >= 15 is 0 Å². The summed E-state index contributed by atoms with van der Waals surface area (Å²) in [5, 5.41) is 0.167. The van der Waals surface area contributed by atoms with E-state index in [4.69, 9.17) is 26.8 Å². The van der Waals surface area contributed by atoms with Crippen LogP contribution in [0.5, 0.6) is 11.5 Å². The predicted molar refractivity (Wildman–Crippen MR) is 129 cm³/mol. The normalized spacial score (nSPS) is 11.7. The molecule has 0 spiro atoms. The number of carbonyl (C=O) groups is 1. The molecule has 0 saturated carbocycles. The van der Waals surface area contributed by atoms with Crippen LogP contribution in [0.4, 0.5) is 18.9 Å². The predicted octanol–water partition coefficient (Wildman–Crippen LogP) is 4.65. The van der Waals surface area contributed by atoms with Gasteiger partial charge in [0.2, 0.25) is 5.91 Å². The van der Waals surface area contributed by atoms with E-state index in [1.807, 2.05) is 0 Å². The van der Waals surface area contributed by atoms with Crippen molar-refractivity contribution in [2.75, 3.05) is 25.1 Å². The van der Waals surface area contributed by atoms with Gasteiger partial charge in [0.1, 0.15) is 6.54 Å². The summed E-state index contributed by atoms with van der Waals surface area (Å²) < 4.78 is 79.1. The fraction of sp³-hybridized carbons (Fsp3) is 0.208. The maximum absolute atomic E-state index is 13.7. The topological polar surface area (TPSA) is 98.9 Å². The summed E-state index contributed by atoms with van der Waals surface area (Å²) in [6.45, 7) is -0.772. The van der Waals surface area contributed by atoms with Crippen LogP contribution in [-0.2, 0) is 27.4 Å². The first kappa shape index (κ1) is 27.2. The Bertz CT molecular complexity index is 1380. The molecule has 2 N–H and O–H groups in total. The van der Waals surface area contributed by atoms with Crippen LogP contribution >= 0.6 is 11.6 Å². The maximum Gasteiger partial charge on any atom is 0.416 e. The summed E-state index contributed by atoms with van der Waals surface area (Å²) in [4.78, 5) is 11.7. The lowest BCUT2D eigenvalue weighted by molar-refractivity contribution is -0.138. The van der Waals surface area contributed by atoms with Gasteiger partial charge in [0, 0.05) is 17.5 Å². The standard InChI is InChI=1S/C24H22ClF3N2O5S/c1-34-21-10-8-18(13-22(21)35-2)36(32,33)30(14-23(29)31)20-9-7-17(25)12-16(20)11-15-5-3-4-6-19(15)24(26,27)28/h3-10,12-13H,11,14H2,1-2H3,(H2,29,31). The number of nitrogens with two attached hydrogens (primary N) is 1. The summed E-state index contributed by atoms with van der Waals surface area (Å²) in [6.07, 6.45) is -4.95. The average Bonchev–Trinajstić information content (AvgIpc) is 2.82. The summed E-state index contributed by atoms with van der Waals surface area (Å²) >= 11 is 6.12. The number of alkyl halides is 3. The average molecular weight is 543 g/mol. The second kappa shape index (κ2) is 10.7. The van der Waals surface area contributed by atoms with Crippen molar-refractivity contribution in [3.8, 4) is 11.5 Å². The van der Waals surface area contributed by atoms with Crippen molar-refractivity contribution < 1.29 is 35.9 Å². The van der Waals surface area contributed by atoms with Crippen LogP contribution in [0.25, 0.3) is 0 Å². The first-order valence-electron chi connectivity index (χ1n) is 10.3. The fourth-order valence-electron chi connectivity index (χ4n) is 3.64. The number of hydrogen-bond acceptors (Lipinski definition) is 5. The van der Waals surface area contributed by atoms with Gasteiger partial charge in [0.15, 0.2) is 11.5 Å². The minimum absolute atomic E-state index is 0.0510. The zero-order valence-electron chi connectivity index (χ0n) is 19.2. The van der Waals surface area contributed by atoms with Crippen molar-refractivity contribution in [3.05, 3.63) is 82.4 Å². The third-order valence-corrected chi connectivity index (χ3v) is 7.25. The molecule has 3 rings (SSSR count). The molecule has 7 nitrogen and oxygen atoms in total. The molecule has 0 aliphatic carbocycles. The van der Waals surface area contributed by atoms with Crippen LogP contribution in [0.3, 0.4) is 0 Å². The molecule has 0 atom stereocenters. The van der Waals surface area contributed by atoms with Gasteiger partial charge in [0.05, 0.1) is 30.4 Å². The van der Waals surface area contributed by atoms with E-state index in [9.17, 15) is 26.4 Å². The Morgan fingerprint density at radius 2 is 1.64 bits per heavy atom. The number of sulfonamides is 1. The van der Waals surface area contributed by atoms with Gasteiger partial charge in [-0.1, -0.05) is 29.8 Å². The zero-order valence-corrected chi connectivity index (χ0v) is 20.7. The molecule has 36 heavy (non-hydrogen) atoms. The smallest absolute Gasteiger partial charge is 0.416 e. The summed E-state index contributed by atoms with van der Waals surface area (Å²) in [5.41, 5.74) is 4.47. The molecule has 1 amide bonds. The molecule has 3 aromatic carbocycles. The molecule has 0 saturated heterocycles. The van der Waals surface area contributed by atoms with E-state index in [1.165, 1.54) is 68.8 Å². The highest BCUT2D eigenvalue weighted by atomic mass is 35.5. The molecule has 0 heterocycles. The molecule has 0 fully saturated rings. The van der Waals surface area contributed by atoms with Crippen LogP contribution in [0, 0.1) is 0 Å².